The van der Waals surface area contributed by atoms with E-state index in [0.29, 0.717) is 17.0 Å². The smallest absolute Gasteiger partial charge is 0.274 e. The topological polar surface area (TPSA) is 122 Å². The Bertz CT molecular complexity index is 1100. The van der Waals surface area contributed by atoms with Crippen molar-refractivity contribution in [3.63, 3.8) is 0 Å². The number of hydrogen-bond donors (Lipinski definition) is 1. The summed E-state index contributed by atoms with van der Waals surface area (Å²) in [5, 5.41) is 15.1. The Hall–Kier alpha value is -3.88. The molecule has 0 bridgehead atoms. The zero-order chi connectivity index (χ0) is 22.8. The molecule has 164 valence electrons. The fraction of sp³-hybridized carbons (Fsp3) is 0.304. The number of hydrazone groups is 1. The van der Waals surface area contributed by atoms with Gasteiger partial charge in [-0.1, -0.05) is 37.1 Å². The monoisotopic (exact) mass is 434 g/mol. The number of nitrogens with zero attached hydrogens (tertiary/aromatic N) is 3. The van der Waals surface area contributed by atoms with Gasteiger partial charge in [0.05, 0.1) is 28.2 Å². The van der Waals surface area contributed by atoms with Gasteiger partial charge in [0, 0.05) is 6.07 Å². The van der Waals surface area contributed by atoms with Crippen molar-refractivity contribution >= 4 is 34.8 Å². The summed E-state index contributed by atoms with van der Waals surface area (Å²) in [5.41, 5.74) is 3.61. The highest BCUT2D eigenvalue weighted by Gasteiger charge is 2.48. The van der Waals surface area contributed by atoms with Gasteiger partial charge in [0.1, 0.15) is 5.56 Å². The molecule has 32 heavy (non-hydrogen) atoms. The predicted molar refractivity (Wildman–Crippen MR) is 117 cm³/mol. The number of benzene rings is 2. The van der Waals surface area contributed by atoms with E-state index in [2.05, 4.69) is 10.5 Å². The predicted octanol–water partition coefficient (Wildman–Crippen LogP) is 3.43. The van der Waals surface area contributed by atoms with Crippen LogP contribution in [0, 0.1) is 22.0 Å². The molecule has 3 amide bonds. The molecular weight excluding hydrogens is 412 g/mol. The molecular formula is C23H22N4O5. The number of amides is 3. The summed E-state index contributed by atoms with van der Waals surface area (Å²) in [6.07, 6.45) is 3.46. The molecule has 2 unspecified atom stereocenters. The second kappa shape index (κ2) is 8.70. The minimum atomic E-state index is -0.691. The third-order valence-corrected chi connectivity index (χ3v) is 6.05. The van der Waals surface area contributed by atoms with Crippen molar-refractivity contribution in [2.75, 3.05) is 4.90 Å². The molecule has 2 atom stereocenters. The van der Waals surface area contributed by atoms with Gasteiger partial charge in [-0.3, -0.25) is 29.4 Å². The molecule has 2 aromatic rings. The van der Waals surface area contributed by atoms with Crippen LogP contribution in [0.15, 0.2) is 53.6 Å². The number of para-hydroxylation sites is 1. The first-order valence-corrected chi connectivity index (χ1v) is 10.4. The summed E-state index contributed by atoms with van der Waals surface area (Å²) in [7, 11) is 0. The number of nitrogens with one attached hydrogen (secondary N) is 1. The second-order valence-corrected chi connectivity index (χ2v) is 7.97. The number of carbonyl (C=O) groups excluding carboxylic acids is 3. The zero-order valence-electron chi connectivity index (χ0n) is 17.5. The quantitative estimate of drug-likeness (QED) is 0.334. The molecule has 0 spiro atoms. The van der Waals surface area contributed by atoms with Crippen LogP contribution in [0.1, 0.15) is 48.5 Å². The van der Waals surface area contributed by atoms with Gasteiger partial charge in [-0.25, -0.2) is 5.43 Å². The van der Waals surface area contributed by atoms with Crippen LogP contribution in [0.4, 0.5) is 11.4 Å². The lowest BCUT2D eigenvalue weighted by Crippen LogP contribution is -2.30. The summed E-state index contributed by atoms with van der Waals surface area (Å²) >= 11 is 0. The first kappa shape index (κ1) is 21.4. The normalized spacial score (nSPS) is 20.8. The van der Waals surface area contributed by atoms with E-state index >= 15 is 0 Å². The van der Waals surface area contributed by atoms with E-state index in [1.54, 1.807) is 31.2 Å². The molecule has 1 N–H and O–H groups in total. The largest absolute Gasteiger partial charge is 0.282 e. The van der Waals surface area contributed by atoms with Crippen molar-refractivity contribution in [1.29, 1.82) is 0 Å². The molecule has 1 aliphatic heterocycles. The zero-order valence-corrected chi connectivity index (χ0v) is 17.5. The molecule has 2 aromatic carbocycles. The van der Waals surface area contributed by atoms with E-state index < -0.39 is 10.8 Å². The lowest BCUT2D eigenvalue weighted by atomic mass is 9.81. The van der Waals surface area contributed by atoms with Crippen molar-refractivity contribution in [3.8, 4) is 0 Å². The molecule has 2 fully saturated rings. The van der Waals surface area contributed by atoms with E-state index in [9.17, 15) is 24.5 Å². The Labute approximate surface area is 184 Å². The van der Waals surface area contributed by atoms with Crippen molar-refractivity contribution in [2.24, 2.45) is 16.9 Å². The Morgan fingerprint density at radius 2 is 1.62 bits per heavy atom. The maximum atomic E-state index is 12.7. The van der Waals surface area contributed by atoms with E-state index in [4.69, 9.17) is 0 Å². The summed E-state index contributed by atoms with van der Waals surface area (Å²) in [4.78, 5) is 49.6. The average molecular weight is 434 g/mol. The molecule has 1 saturated heterocycles. The van der Waals surface area contributed by atoms with Gasteiger partial charge in [-0.2, -0.15) is 5.10 Å². The lowest BCUT2D eigenvalue weighted by molar-refractivity contribution is -0.385. The van der Waals surface area contributed by atoms with Crippen LogP contribution in [-0.4, -0.2) is 28.4 Å². The Balaban J connectivity index is 1.48. The highest BCUT2D eigenvalue weighted by atomic mass is 16.6. The van der Waals surface area contributed by atoms with Gasteiger partial charge in [0.25, 0.3) is 11.6 Å². The second-order valence-electron chi connectivity index (χ2n) is 7.97. The molecule has 1 aliphatic carbocycles. The van der Waals surface area contributed by atoms with E-state index in [0.717, 1.165) is 25.7 Å². The number of hydrogen-bond acceptors (Lipinski definition) is 6. The van der Waals surface area contributed by atoms with Crippen molar-refractivity contribution < 1.29 is 19.3 Å². The number of carbonyl (C=O) groups is 3. The molecule has 0 radical (unpaired) electrons. The third kappa shape index (κ3) is 3.89. The number of nitro benzene ring substituents is 1. The summed E-state index contributed by atoms with van der Waals surface area (Å²) in [6, 6.07) is 12.4. The van der Waals surface area contributed by atoms with E-state index in [1.165, 1.54) is 29.2 Å². The minimum Gasteiger partial charge on any atom is -0.274 e. The number of fused-ring (bicyclic) bond motifs is 1. The summed E-state index contributed by atoms with van der Waals surface area (Å²) in [6.45, 7) is 1.68. The van der Waals surface area contributed by atoms with Crippen LogP contribution >= 0.6 is 0 Å². The van der Waals surface area contributed by atoms with Crippen LogP contribution in [0.3, 0.4) is 0 Å². The number of imide groups is 1. The van der Waals surface area contributed by atoms with Gasteiger partial charge in [-0.15, -0.1) is 0 Å². The van der Waals surface area contributed by atoms with Crippen molar-refractivity contribution in [3.05, 3.63) is 69.8 Å². The molecule has 0 aromatic heterocycles. The number of anilines is 1. The van der Waals surface area contributed by atoms with Crippen LogP contribution < -0.4 is 10.3 Å². The van der Waals surface area contributed by atoms with E-state index in [-0.39, 0.29) is 34.9 Å². The van der Waals surface area contributed by atoms with Gasteiger partial charge < -0.3 is 0 Å². The van der Waals surface area contributed by atoms with Crippen LogP contribution in [0.5, 0.6) is 0 Å². The fourth-order valence-electron chi connectivity index (χ4n) is 4.35. The number of rotatable bonds is 5. The standard InChI is InChI=1S/C23H22N4O5/c1-14(24-25-21(28)19-8-4-5-9-20(19)27(31)32)15-10-12-16(13-11-15)26-22(29)17-6-2-3-7-18(17)23(26)30/h4-5,8-13,17-18H,2-3,6-7H2,1H3,(H,25,28). The van der Waals surface area contributed by atoms with Crippen molar-refractivity contribution in [1.82, 2.24) is 5.43 Å². The first-order chi connectivity index (χ1) is 15.4. The van der Waals surface area contributed by atoms with Crippen LogP contribution in [-0.2, 0) is 9.59 Å². The SMILES string of the molecule is CC(=NNC(=O)c1ccccc1[N+](=O)[O-])c1ccc(N2C(=O)C3CCCCC3C2=O)cc1. The molecule has 1 heterocycles. The average Bonchev–Trinajstić information content (AvgIpc) is 3.07. The molecule has 9 nitrogen and oxygen atoms in total. The van der Waals surface area contributed by atoms with E-state index in [1.807, 2.05) is 0 Å². The lowest BCUT2D eigenvalue weighted by Gasteiger charge is -2.19. The molecule has 1 saturated carbocycles. The number of nitro groups is 1. The van der Waals surface area contributed by atoms with Crippen LogP contribution in [0.2, 0.25) is 0 Å². The van der Waals surface area contributed by atoms with Gasteiger partial charge in [-0.05, 0) is 43.5 Å². The molecule has 9 heteroatoms. The van der Waals surface area contributed by atoms with Gasteiger partial charge >= 0.3 is 0 Å². The van der Waals surface area contributed by atoms with Crippen LogP contribution in [0.25, 0.3) is 0 Å². The van der Waals surface area contributed by atoms with Gasteiger partial charge in [0.15, 0.2) is 0 Å². The Morgan fingerprint density at radius 1 is 1.03 bits per heavy atom. The molecule has 2 aliphatic rings. The summed E-state index contributed by atoms with van der Waals surface area (Å²) in [5.74, 6) is -1.37. The fourth-order valence-corrected chi connectivity index (χ4v) is 4.35. The van der Waals surface area contributed by atoms with Crippen molar-refractivity contribution in [2.45, 2.75) is 32.6 Å². The molecule has 4 rings (SSSR count). The van der Waals surface area contributed by atoms with Gasteiger partial charge in [0.2, 0.25) is 11.8 Å². The third-order valence-electron chi connectivity index (χ3n) is 6.05. The first-order valence-electron chi connectivity index (χ1n) is 10.4. The maximum absolute atomic E-state index is 12.7. The maximum Gasteiger partial charge on any atom is 0.282 e. The minimum absolute atomic E-state index is 0.0862. The Morgan fingerprint density at radius 3 is 2.22 bits per heavy atom. The summed E-state index contributed by atoms with van der Waals surface area (Å²) < 4.78 is 0. The Kier molecular flexibility index (Phi) is 5.81. The highest BCUT2D eigenvalue weighted by Crippen LogP contribution is 2.40. The highest BCUT2D eigenvalue weighted by molar-refractivity contribution is 6.22.